The molecule has 30 heavy (non-hydrogen) atoms. The maximum absolute atomic E-state index is 13.8. The largest absolute Gasteiger partial charge is 0.274 e. The number of hydrogen-bond donors (Lipinski definition) is 0. The third kappa shape index (κ3) is 2.02. The van der Waals surface area contributed by atoms with Crippen LogP contribution in [0.3, 0.4) is 0 Å². The Hall–Kier alpha value is -2.62. The predicted molar refractivity (Wildman–Crippen MR) is 117 cm³/mol. The van der Waals surface area contributed by atoms with Crippen LogP contribution in [-0.4, -0.2) is 11.8 Å². The van der Waals surface area contributed by atoms with E-state index in [0.29, 0.717) is 15.7 Å². The highest BCUT2D eigenvalue weighted by Crippen LogP contribution is 2.64. The van der Waals surface area contributed by atoms with E-state index < -0.39 is 17.3 Å². The van der Waals surface area contributed by atoms with Gasteiger partial charge in [-0.05, 0) is 40.5 Å². The van der Waals surface area contributed by atoms with Crippen molar-refractivity contribution in [2.75, 3.05) is 4.90 Å². The smallest absolute Gasteiger partial charge is 0.239 e. The Morgan fingerprint density at radius 3 is 2.07 bits per heavy atom. The van der Waals surface area contributed by atoms with Gasteiger partial charge in [-0.1, -0.05) is 78.7 Å². The topological polar surface area (TPSA) is 37.4 Å². The standard InChI is InChI=1S/C25H17Cl2NO2/c1-25-16-8-4-2-6-14(16)20(15-7-3-5-9-17(15)25)21-22(25)24(30)28(23(21)29)19-12-13(26)10-11-18(19)27/h2-12,20-22H,1H3/t20?,21-,22+,25?/m1/s1. The molecule has 0 saturated carbocycles. The van der Waals surface area contributed by atoms with E-state index in [2.05, 4.69) is 31.2 Å². The Labute approximate surface area is 184 Å². The highest BCUT2D eigenvalue weighted by atomic mass is 35.5. The van der Waals surface area contributed by atoms with E-state index >= 15 is 0 Å². The molecule has 1 heterocycles. The highest BCUT2D eigenvalue weighted by molar-refractivity contribution is 6.38. The second-order valence-electron chi connectivity index (χ2n) is 8.47. The lowest BCUT2D eigenvalue weighted by Gasteiger charge is -2.52. The number of carbonyl (C=O) groups is 2. The third-order valence-electron chi connectivity index (χ3n) is 7.19. The molecule has 1 aliphatic heterocycles. The zero-order chi connectivity index (χ0) is 20.8. The number of halogens is 2. The van der Waals surface area contributed by atoms with Crippen molar-refractivity contribution in [3.8, 4) is 0 Å². The van der Waals surface area contributed by atoms with E-state index in [1.807, 2.05) is 24.3 Å². The van der Waals surface area contributed by atoms with E-state index in [1.54, 1.807) is 18.2 Å². The summed E-state index contributed by atoms with van der Waals surface area (Å²) in [5.41, 5.74) is 4.33. The van der Waals surface area contributed by atoms with Gasteiger partial charge in [0, 0.05) is 16.4 Å². The van der Waals surface area contributed by atoms with Crippen molar-refractivity contribution in [1.82, 2.24) is 0 Å². The van der Waals surface area contributed by atoms with E-state index in [-0.39, 0.29) is 17.7 Å². The molecule has 5 heteroatoms. The van der Waals surface area contributed by atoms with Crippen LogP contribution in [0.25, 0.3) is 0 Å². The lowest BCUT2D eigenvalue weighted by molar-refractivity contribution is -0.123. The van der Waals surface area contributed by atoms with Crippen molar-refractivity contribution in [3.63, 3.8) is 0 Å². The van der Waals surface area contributed by atoms with Gasteiger partial charge in [0.05, 0.1) is 22.5 Å². The summed E-state index contributed by atoms with van der Waals surface area (Å²) in [4.78, 5) is 28.9. The summed E-state index contributed by atoms with van der Waals surface area (Å²) < 4.78 is 0. The number of anilines is 1. The average molecular weight is 434 g/mol. The normalized spacial score (nSPS) is 28.4. The van der Waals surface area contributed by atoms with Crippen LogP contribution in [-0.2, 0) is 15.0 Å². The van der Waals surface area contributed by atoms with Crippen molar-refractivity contribution in [3.05, 3.63) is 99.0 Å². The van der Waals surface area contributed by atoms with Crippen LogP contribution in [0.15, 0.2) is 66.7 Å². The minimum atomic E-state index is -0.584. The second kappa shape index (κ2) is 5.96. The van der Waals surface area contributed by atoms with E-state index in [1.165, 1.54) is 4.90 Å². The third-order valence-corrected chi connectivity index (χ3v) is 7.75. The molecule has 1 saturated heterocycles. The van der Waals surface area contributed by atoms with Crippen molar-refractivity contribution in [2.45, 2.75) is 18.3 Å². The fraction of sp³-hybridized carbons (Fsp3) is 0.200. The van der Waals surface area contributed by atoms with Crippen molar-refractivity contribution in [1.29, 1.82) is 0 Å². The molecule has 3 nitrogen and oxygen atoms in total. The summed E-state index contributed by atoms with van der Waals surface area (Å²) in [6.07, 6.45) is 0. The lowest BCUT2D eigenvalue weighted by atomic mass is 9.48. The van der Waals surface area contributed by atoms with Crippen LogP contribution in [0.5, 0.6) is 0 Å². The molecule has 0 radical (unpaired) electrons. The van der Waals surface area contributed by atoms with Gasteiger partial charge in [-0.25, -0.2) is 4.90 Å². The van der Waals surface area contributed by atoms with Crippen LogP contribution in [0, 0.1) is 11.8 Å². The summed E-state index contributed by atoms with van der Waals surface area (Å²) in [5.74, 6) is -1.49. The molecule has 7 rings (SSSR count). The van der Waals surface area contributed by atoms with Gasteiger partial charge in [0.25, 0.3) is 0 Å². The molecule has 0 N–H and O–H groups in total. The van der Waals surface area contributed by atoms with Crippen LogP contribution < -0.4 is 4.90 Å². The predicted octanol–water partition coefficient (Wildman–Crippen LogP) is 5.56. The fourth-order valence-electron chi connectivity index (χ4n) is 6.05. The highest BCUT2D eigenvalue weighted by Gasteiger charge is 2.66. The summed E-state index contributed by atoms with van der Waals surface area (Å²) in [7, 11) is 0. The summed E-state index contributed by atoms with van der Waals surface area (Å²) >= 11 is 12.6. The van der Waals surface area contributed by atoms with Crippen LogP contribution in [0.2, 0.25) is 10.0 Å². The summed E-state index contributed by atoms with van der Waals surface area (Å²) in [6, 6.07) is 21.3. The molecule has 3 aromatic carbocycles. The Morgan fingerprint density at radius 2 is 1.43 bits per heavy atom. The number of hydrogen-bond acceptors (Lipinski definition) is 2. The van der Waals surface area contributed by atoms with Gasteiger partial charge in [-0.15, -0.1) is 0 Å². The minimum Gasteiger partial charge on any atom is -0.274 e. The first kappa shape index (κ1) is 18.2. The monoisotopic (exact) mass is 433 g/mol. The molecule has 3 aliphatic carbocycles. The van der Waals surface area contributed by atoms with Gasteiger partial charge in [0.2, 0.25) is 11.8 Å². The molecule has 1 fully saturated rings. The first-order chi connectivity index (χ1) is 14.4. The molecule has 4 aliphatic rings. The molecule has 0 aromatic heterocycles. The van der Waals surface area contributed by atoms with Gasteiger partial charge in [-0.2, -0.15) is 0 Å². The maximum atomic E-state index is 13.8. The SMILES string of the molecule is CC12c3ccccc3C(c3ccccc31)[C@H]1C(=O)N(c3cc(Cl)ccc3Cl)C(=O)[C@H]12. The fourth-order valence-corrected chi connectivity index (χ4v) is 6.41. The molecular formula is C25H17Cl2NO2. The Kier molecular flexibility index (Phi) is 3.61. The maximum Gasteiger partial charge on any atom is 0.239 e. The average Bonchev–Trinajstić information content (AvgIpc) is 3.02. The second-order valence-corrected chi connectivity index (χ2v) is 9.31. The van der Waals surface area contributed by atoms with Crippen LogP contribution >= 0.6 is 23.2 Å². The molecule has 2 bridgehead atoms. The molecule has 0 unspecified atom stereocenters. The van der Waals surface area contributed by atoms with Gasteiger partial charge >= 0.3 is 0 Å². The van der Waals surface area contributed by atoms with Gasteiger partial charge < -0.3 is 0 Å². The molecule has 2 atom stereocenters. The Morgan fingerprint density at radius 1 is 0.833 bits per heavy atom. The summed E-state index contributed by atoms with van der Waals surface area (Å²) in [6.45, 7) is 2.10. The van der Waals surface area contributed by atoms with Gasteiger partial charge in [0.1, 0.15) is 0 Å². The zero-order valence-corrected chi connectivity index (χ0v) is 17.6. The number of imide groups is 1. The van der Waals surface area contributed by atoms with Crippen molar-refractivity contribution in [2.24, 2.45) is 11.8 Å². The first-order valence-corrected chi connectivity index (χ1v) is 10.7. The molecule has 3 aromatic rings. The van der Waals surface area contributed by atoms with Crippen LogP contribution in [0.4, 0.5) is 5.69 Å². The van der Waals surface area contributed by atoms with Gasteiger partial charge in [-0.3, -0.25) is 9.59 Å². The Bertz CT molecular complexity index is 1220. The zero-order valence-electron chi connectivity index (χ0n) is 16.1. The number of nitrogens with zero attached hydrogens (tertiary/aromatic N) is 1. The quantitative estimate of drug-likeness (QED) is 0.470. The number of carbonyl (C=O) groups excluding carboxylic acids is 2. The number of benzene rings is 3. The van der Waals surface area contributed by atoms with Crippen molar-refractivity contribution >= 4 is 40.7 Å². The number of amides is 2. The minimum absolute atomic E-state index is 0.149. The van der Waals surface area contributed by atoms with E-state index in [4.69, 9.17) is 23.2 Å². The van der Waals surface area contributed by atoms with E-state index in [9.17, 15) is 9.59 Å². The molecule has 148 valence electrons. The molecule has 2 amide bonds. The Balaban J connectivity index is 1.63. The molecule has 0 spiro atoms. The van der Waals surface area contributed by atoms with Gasteiger partial charge in [0.15, 0.2) is 0 Å². The van der Waals surface area contributed by atoms with E-state index in [0.717, 1.165) is 22.3 Å². The number of rotatable bonds is 1. The van der Waals surface area contributed by atoms with Crippen LogP contribution in [0.1, 0.15) is 35.1 Å². The van der Waals surface area contributed by atoms with Crippen molar-refractivity contribution < 1.29 is 9.59 Å². The summed E-state index contributed by atoms with van der Waals surface area (Å²) in [5, 5.41) is 0.776. The first-order valence-electron chi connectivity index (χ1n) is 9.96. The lowest BCUT2D eigenvalue weighted by Crippen LogP contribution is -2.51. The molecular weight excluding hydrogens is 417 g/mol.